The third-order valence-electron chi connectivity index (χ3n) is 6.87. The molecule has 2 amide bonds. The number of aromatic nitrogens is 1. The van der Waals surface area contributed by atoms with E-state index >= 15 is 0 Å². The molecule has 1 aliphatic heterocycles. The van der Waals surface area contributed by atoms with E-state index in [1.807, 2.05) is 6.07 Å². The topological polar surface area (TPSA) is 118 Å². The third kappa shape index (κ3) is 4.40. The van der Waals surface area contributed by atoms with Crippen LogP contribution in [0.15, 0.2) is 59.5 Å². The number of hydrogen-bond donors (Lipinski definition) is 3. The van der Waals surface area contributed by atoms with E-state index in [1.165, 1.54) is 41.1 Å². The normalized spacial score (nSPS) is 16.1. The van der Waals surface area contributed by atoms with Gasteiger partial charge in [0, 0.05) is 34.1 Å². The van der Waals surface area contributed by atoms with Crippen molar-refractivity contribution in [3.63, 3.8) is 0 Å². The van der Waals surface area contributed by atoms with Crippen LogP contribution in [0.1, 0.15) is 58.5 Å². The van der Waals surface area contributed by atoms with E-state index in [0.29, 0.717) is 34.7 Å². The summed E-state index contributed by atoms with van der Waals surface area (Å²) in [5.74, 6) is -1.81. The van der Waals surface area contributed by atoms with Gasteiger partial charge in [-0.1, -0.05) is 24.6 Å². The Labute approximate surface area is 211 Å². The fourth-order valence-corrected chi connectivity index (χ4v) is 4.92. The summed E-state index contributed by atoms with van der Waals surface area (Å²) in [7, 11) is 0. The van der Waals surface area contributed by atoms with Gasteiger partial charge in [-0.25, -0.2) is 4.79 Å². The van der Waals surface area contributed by atoms with Crippen LogP contribution in [0.2, 0.25) is 5.02 Å². The minimum absolute atomic E-state index is 0.0952. The molecular weight excluding hydrogens is 482 g/mol. The van der Waals surface area contributed by atoms with Crippen molar-refractivity contribution in [1.29, 1.82) is 0 Å². The Balaban J connectivity index is 1.54. The molecule has 1 aliphatic carbocycles. The molecule has 3 aromatic rings. The molecule has 8 nitrogen and oxygen atoms in total. The maximum atomic E-state index is 13.3. The minimum atomic E-state index is -1.07. The summed E-state index contributed by atoms with van der Waals surface area (Å²) in [6.45, 7) is 1.77. The van der Waals surface area contributed by atoms with Gasteiger partial charge in [0.1, 0.15) is 6.04 Å². The van der Waals surface area contributed by atoms with Crippen LogP contribution in [0.5, 0.6) is 0 Å². The van der Waals surface area contributed by atoms with Crippen molar-refractivity contribution in [2.45, 2.75) is 44.2 Å². The molecule has 2 heterocycles. The first-order valence-electron chi connectivity index (χ1n) is 11.7. The van der Waals surface area contributed by atoms with E-state index in [0.717, 1.165) is 24.0 Å². The van der Waals surface area contributed by atoms with Crippen LogP contribution in [0.3, 0.4) is 0 Å². The highest BCUT2D eigenvalue weighted by atomic mass is 35.5. The molecule has 1 atom stereocenters. The zero-order valence-corrected chi connectivity index (χ0v) is 20.3. The zero-order chi connectivity index (χ0) is 25.6. The molecule has 36 heavy (non-hydrogen) atoms. The van der Waals surface area contributed by atoms with Gasteiger partial charge < -0.3 is 20.3 Å². The lowest BCUT2D eigenvalue weighted by atomic mass is 9.89. The number of carbonyl (C=O) groups excluding carboxylic acids is 2. The molecule has 0 saturated heterocycles. The molecule has 1 spiro atoms. The van der Waals surface area contributed by atoms with E-state index in [2.05, 4.69) is 10.6 Å². The van der Waals surface area contributed by atoms with Crippen molar-refractivity contribution < 1.29 is 19.5 Å². The number of fused-ring (bicyclic) bond motifs is 3. The van der Waals surface area contributed by atoms with E-state index in [-0.39, 0.29) is 17.0 Å². The Morgan fingerprint density at radius 1 is 1.08 bits per heavy atom. The molecule has 1 saturated carbocycles. The molecule has 3 N–H and O–H groups in total. The number of anilines is 1. The van der Waals surface area contributed by atoms with Gasteiger partial charge in [0.05, 0.1) is 11.1 Å². The Morgan fingerprint density at radius 2 is 1.81 bits per heavy atom. The second-order valence-electron chi connectivity index (χ2n) is 9.35. The van der Waals surface area contributed by atoms with Gasteiger partial charge in [-0.05, 0) is 73.2 Å². The number of nitrogens with one attached hydrogen (secondary N) is 2. The Hall–Kier alpha value is -3.91. The zero-order valence-electron chi connectivity index (χ0n) is 19.5. The summed E-state index contributed by atoms with van der Waals surface area (Å²) >= 11 is 6.28. The van der Waals surface area contributed by atoms with Crippen LogP contribution in [0, 0.1) is 0 Å². The first-order chi connectivity index (χ1) is 17.2. The summed E-state index contributed by atoms with van der Waals surface area (Å²) in [6, 6.07) is 11.8. The highest BCUT2D eigenvalue weighted by Crippen LogP contribution is 2.43. The first kappa shape index (κ1) is 23.8. The number of aromatic carboxylic acids is 1. The lowest BCUT2D eigenvalue weighted by Crippen LogP contribution is -2.41. The highest BCUT2D eigenvalue weighted by molar-refractivity contribution is 6.31. The quantitative estimate of drug-likeness (QED) is 0.478. The molecule has 2 aromatic carbocycles. The predicted molar refractivity (Wildman–Crippen MR) is 136 cm³/mol. The number of carbonyl (C=O) groups is 3. The first-order valence-corrected chi connectivity index (χ1v) is 12.1. The number of carboxylic acid groups (broad SMARTS) is 1. The lowest BCUT2D eigenvalue weighted by Gasteiger charge is -2.26. The van der Waals surface area contributed by atoms with E-state index in [4.69, 9.17) is 16.7 Å². The monoisotopic (exact) mass is 505 g/mol. The SMILES string of the molecule is CCC(C(=O)Nc1ccc(C(=O)O)cc1)n1cc2c(cc1=O)-c1cc(Cl)ccc1CC1(CC1)NC2=O. The molecule has 1 unspecified atom stereocenters. The Bertz CT molecular complexity index is 1460. The smallest absolute Gasteiger partial charge is 0.335 e. The fourth-order valence-electron chi connectivity index (χ4n) is 4.75. The number of pyridine rings is 1. The summed E-state index contributed by atoms with van der Waals surface area (Å²) in [6.07, 6.45) is 4.16. The average molecular weight is 506 g/mol. The minimum Gasteiger partial charge on any atom is -0.478 e. The van der Waals surface area contributed by atoms with E-state index in [1.54, 1.807) is 19.1 Å². The largest absolute Gasteiger partial charge is 0.478 e. The van der Waals surface area contributed by atoms with Crippen molar-refractivity contribution in [3.05, 3.63) is 86.8 Å². The molecule has 1 fully saturated rings. The average Bonchev–Trinajstić information content (AvgIpc) is 3.60. The predicted octanol–water partition coefficient (Wildman–Crippen LogP) is 4.28. The standard InChI is InChI=1S/C27H24ClN3O5/c1-2-22(25(34)29-18-7-4-15(5-8-18)26(35)36)31-14-21-20(12-23(31)32)19-11-17(28)6-3-16(19)13-27(9-10-27)30-24(21)33/h3-8,11-12,14,22H,2,9-10,13H2,1H3,(H,29,34)(H,30,33)(H,35,36). The number of amides is 2. The molecule has 184 valence electrons. The molecule has 0 bridgehead atoms. The second-order valence-corrected chi connectivity index (χ2v) is 9.79. The van der Waals surface area contributed by atoms with Crippen LogP contribution >= 0.6 is 11.6 Å². The number of halogens is 1. The maximum absolute atomic E-state index is 13.3. The Morgan fingerprint density at radius 3 is 2.44 bits per heavy atom. The van der Waals surface area contributed by atoms with Gasteiger partial charge in [-0.2, -0.15) is 0 Å². The maximum Gasteiger partial charge on any atom is 0.335 e. The third-order valence-corrected chi connectivity index (χ3v) is 7.11. The Kier molecular flexibility index (Phi) is 5.92. The van der Waals surface area contributed by atoms with E-state index in [9.17, 15) is 19.2 Å². The summed E-state index contributed by atoms with van der Waals surface area (Å²) in [5, 5.41) is 15.4. The van der Waals surface area contributed by atoms with Crippen molar-refractivity contribution in [3.8, 4) is 11.1 Å². The molecule has 0 radical (unpaired) electrons. The summed E-state index contributed by atoms with van der Waals surface area (Å²) < 4.78 is 1.28. The lowest BCUT2D eigenvalue weighted by molar-refractivity contribution is -0.119. The van der Waals surface area contributed by atoms with Crippen LogP contribution in [-0.4, -0.2) is 33.0 Å². The summed E-state index contributed by atoms with van der Waals surface area (Å²) in [5.41, 5.74) is 2.32. The van der Waals surface area contributed by atoms with Gasteiger partial charge in [-0.3, -0.25) is 14.4 Å². The second kappa shape index (κ2) is 8.95. The van der Waals surface area contributed by atoms with Crippen molar-refractivity contribution >= 4 is 35.1 Å². The van der Waals surface area contributed by atoms with Crippen LogP contribution in [0.4, 0.5) is 5.69 Å². The molecular formula is C27H24ClN3O5. The molecule has 1 aromatic heterocycles. The summed E-state index contributed by atoms with van der Waals surface area (Å²) in [4.78, 5) is 50.8. The van der Waals surface area contributed by atoms with Gasteiger partial charge in [0.2, 0.25) is 5.91 Å². The van der Waals surface area contributed by atoms with Crippen LogP contribution in [0.25, 0.3) is 11.1 Å². The number of nitrogens with zero attached hydrogens (tertiary/aromatic N) is 1. The van der Waals surface area contributed by atoms with Gasteiger partial charge in [-0.15, -0.1) is 0 Å². The van der Waals surface area contributed by atoms with Crippen molar-refractivity contribution in [2.75, 3.05) is 5.32 Å². The van der Waals surface area contributed by atoms with Crippen LogP contribution in [-0.2, 0) is 11.2 Å². The van der Waals surface area contributed by atoms with E-state index < -0.39 is 23.5 Å². The highest BCUT2D eigenvalue weighted by Gasteiger charge is 2.46. The van der Waals surface area contributed by atoms with Crippen LogP contribution < -0.4 is 16.2 Å². The van der Waals surface area contributed by atoms with Gasteiger partial charge >= 0.3 is 5.97 Å². The molecule has 5 rings (SSSR count). The van der Waals surface area contributed by atoms with Crippen molar-refractivity contribution in [1.82, 2.24) is 9.88 Å². The fraction of sp³-hybridized carbons (Fsp3) is 0.259. The van der Waals surface area contributed by atoms with Crippen molar-refractivity contribution in [2.24, 2.45) is 0 Å². The van der Waals surface area contributed by atoms with Gasteiger partial charge in [0.25, 0.3) is 11.5 Å². The number of carboxylic acids is 1. The van der Waals surface area contributed by atoms with Gasteiger partial charge in [0.15, 0.2) is 0 Å². The molecule has 2 aliphatic rings. The number of benzene rings is 2. The number of rotatable bonds is 5. The molecule has 9 heteroatoms. The number of hydrogen-bond acceptors (Lipinski definition) is 4.